The summed E-state index contributed by atoms with van der Waals surface area (Å²) in [6, 6.07) is 19.8. The van der Waals surface area contributed by atoms with Gasteiger partial charge >= 0.3 is 0 Å². The van der Waals surface area contributed by atoms with E-state index in [2.05, 4.69) is 63.6 Å². The minimum atomic E-state index is 0.287. The number of hydrogen-bond donors (Lipinski definition) is 2. The molecule has 1 saturated heterocycles. The second kappa shape index (κ2) is 9.18. The van der Waals surface area contributed by atoms with Gasteiger partial charge in [0.15, 0.2) is 0 Å². The van der Waals surface area contributed by atoms with Crippen molar-refractivity contribution in [3.8, 4) is 22.4 Å². The molecule has 1 aliphatic heterocycles. The van der Waals surface area contributed by atoms with Crippen LogP contribution < -0.4 is 0 Å². The minimum Gasteiger partial charge on any atom is -0.396 e. The number of benzene rings is 2. The predicted molar refractivity (Wildman–Crippen MR) is 114 cm³/mol. The zero-order chi connectivity index (χ0) is 19.2. The first-order chi connectivity index (χ1) is 13.8. The first-order valence-electron chi connectivity index (χ1n) is 10.4. The van der Waals surface area contributed by atoms with Crippen LogP contribution in [0.3, 0.4) is 0 Å². The van der Waals surface area contributed by atoms with Crippen molar-refractivity contribution in [1.82, 2.24) is 15.1 Å². The van der Waals surface area contributed by atoms with Crippen molar-refractivity contribution in [2.24, 2.45) is 0 Å². The molecule has 0 unspecified atom stereocenters. The van der Waals surface area contributed by atoms with Gasteiger partial charge in [0.1, 0.15) is 0 Å². The van der Waals surface area contributed by atoms with Crippen molar-refractivity contribution in [1.29, 1.82) is 0 Å². The molecule has 2 N–H and O–H groups in total. The van der Waals surface area contributed by atoms with Crippen molar-refractivity contribution >= 4 is 0 Å². The summed E-state index contributed by atoms with van der Waals surface area (Å²) >= 11 is 0. The van der Waals surface area contributed by atoms with Crippen LogP contribution in [0.4, 0.5) is 0 Å². The lowest BCUT2D eigenvalue weighted by Crippen LogP contribution is -2.39. The Bertz CT molecular complexity index is 857. The number of nitrogens with zero attached hydrogens (tertiary/aromatic N) is 2. The van der Waals surface area contributed by atoms with E-state index in [-0.39, 0.29) is 6.61 Å². The Morgan fingerprint density at radius 1 is 0.964 bits per heavy atom. The monoisotopic (exact) mass is 375 g/mol. The molecule has 4 heteroatoms. The second-order valence-corrected chi connectivity index (χ2v) is 7.70. The average Bonchev–Trinajstić information content (AvgIpc) is 3.22. The first kappa shape index (κ1) is 18.9. The van der Waals surface area contributed by atoms with Gasteiger partial charge in [0.2, 0.25) is 0 Å². The third-order valence-electron chi connectivity index (χ3n) is 5.82. The lowest BCUT2D eigenvalue weighted by molar-refractivity contribution is 0.124. The number of aromatic nitrogens is 2. The molecular formula is C24H29N3O. The molecule has 0 amide bonds. The predicted octanol–water partition coefficient (Wildman–Crippen LogP) is 4.87. The Balaban J connectivity index is 1.51. The maximum atomic E-state index is 9.20. The van der Waals surface area contributed by atoms with Crippen LogP contribution in [0.1, 0.15) is 37.7 Å². The highest BCUT2D eigenvalue weighted by Crippen LogP contribution is 2.29. The molecule has 146 valence electrons. The third-order valence-corrected chi connectivity index (χ3v) is 5.82. The molecule has 1 fully saturated rings. The summed E-state index contributed by atoms with van der Waals surface area (Å²) in [6.45, 7) is 2.34. The normalized spacial score (nSPS) is 17.7. The van der Waals surface area contributed by atoms with Crippen LogP contribution in [0.2, 0.25) is 0 Å². The highest BCUT2D eigenvalue weighted by molar-refractivity contribution is 5.69. The Labute approximate surface area is 167 Å². The van der Waals surface area contributed by atoms with E-state index in [9.17, 15) is 5.11 Å². The zero-order valence-corrected chi connectivity index (χ0v) is 16.3. The van der Waals surface area contributed by atoms with Crippen molar-refractivity contribution < 1.29 is 5.11 Å². The van der Waals surface area contributed by atoms with Crippen LogP contribution in [0.15, 0.2) is 60.8 Å². The molecule has 4 nitrogen and oxygen atoms in total. The number of aliphatic hydroxyl groups is 1. The molecule has 2 aromatic carbocycles. The number of H-pyrrole nitrogens is 1. The van der Waals surface area contributed by atoms with Crippen molar-refractivity contribution in [2.45, 2.75) is 44.7 Å². The standard InChI is InChI=1S/C24H29N3O/c28-16-6-10-23-9-4-5-15-27(23)18-22-17-25-26-24(22)21-13-11-20(12-14-21)19-7-2-1-3-8-19/h1-3,7-8,11-14,17,23,28H,4-6,9-10,15-16,18H2,(H,25,26)/t23-/m0/s1. The number of nitrogens with one attached hydrogen (secondary N) is 1. The van der Waals surface area contributed by atoms with Gasteiger partial charge in [0.25, 0.3) is 0 Å². The Hall–Kier alpha value is -2.43. The summed E-state index contributed by atoms with van der Waals surface area (Å²) in [5, 5.41) is 16.8. The lowest BCUT2D eigenvalue weighted by atomic mass is 9.96. The van der Waals surface area contributed by atoms with Gasteiger partial charge in [0, 0.05) is 24.8 Å². The fraction of sp³-hybridized carbons (Fsp3) is 0.375. The van der Waals surface area contributed by atoms with Crippen LogP contribution >= 0.6 is 0 Å². The Morgan fingerprint density at radius 2 is 1.71 bits per heavy atom. The number of hydrogen-bond acceptors (Lipinski definition) is 3. The van der Waals surface area contributed by atoms with Crippen LogP contribution in [0, 0.1) is 0 Å². The molecular weight excluding hydrogens is 346 g/mol. The summed E-state index contributed by atoms with van der Waals surface area (Å²) in [5.74, 6) is 0. The highest BCUT2D eigenvalue weighted by atomic mass is 16.2. The maximum absolute atomic E-state index is 9.20. The van der Waals surface area contributed by atoms with Crippen molar-refractivity contribution in [3.63, 3.8) is 0 Å². The fourth-order valence-electron chi connectivity index (χ4n) is 4.28. The first-order valence-corrected chi connectivity index (χ1v) is 10.4. The summed E-state index contributed by atoms with van der Waals surface area (Å²) < 4.78 is 0. The summed E-state index contributed by atoms with van der Waals surface area (Å²) in [7, 11) is 0. The van der Waals surface area contributed by atoms with Gasteiger partial charge in [-0.1, -0.05) is 61.0 Å². The summed E-state index contributed by atoms with van der Waals surface area (Å²) in [6.07, 6.45) is 7.73. The topological polar surface area (TPSA) is 52.1 Å². The molecule has 0 bridgehead atoms. The lowest BCUT2D eigenvalue weighted by Gasteiger charge is -2.35. The van der Waals surface area contributed by atoms with Gasteiger partial charge in [-0.3, -0.25) is 10.00 Å². The fourth-order valence-corrected chi connectivity index (χ4v) is 4.28. The van der Waals surface area contributed by atoms with E-state index in [4.69, 9.17) is 0 Å². The largest absolute Gasteiger partial charge is 0.396 e. The van der Waals surface area contributed by atoms with Crippen LogP contribution in [-0.2, 0) is 6.54 Å². The quantitative estimate of drug-likeness (QED) is 0.619. The number of aromatic amines is 1. The van der Waals surface area contributed by atoms with Gasteiger partial charge in [0.05, 0.1) is 11.9 Å². The zero-order valence-electron chi connectivity index (χ0n) is 16.3. The van der Waals surface area contributed by atoms with Gasteiger partial charge in [-0.2, -0.15) is 5.10 Å². The number of piperidine rings is 1. The molecule has 2 heterocycles. The van der Waals surface area contributed by atoms with Crippen molar-refractivity contribution in [2.75, 3.05) is 13.2 Å². The molecule has 3 aromatic rings. The average molecular weight is 376 g/mol. The highest BCUT2D eigenvalue weighted by Gasteiger charge is 2.23. The van der Waals surface area contributed by atoms with E-state index in [0.717, 1.165) is 31.6 Å². The maximum Gasteiger partial charge on any atom is 0.0695 e. The van der Waals surface area contributed by atoms with E-state index < -0.39 is 0 Å². The van der Waals surface area contributed by atoms with E-state index >= 15 is 0 Å². The molecule has 1 aliphatic rings. The van der Waals surface area contributed by atoms with E-state index in [1.165, 1.54) is 41.5 Å². The molecule has 0 radical (unpaired) electrons. The second-order valence-electron chi connectivity index (χ2n) is 7.70. The Kier molecular flexibility index (Phi) is 6.20. The molecule has 1 atom stereocenters. The molecule has 28 heavy (non-hydrogen) atoms. The number of aliphatic hydroxyl groups excluding tert-OH is 1. The van der Waals surface area contributed by atoms with E-state index in [1.54, 1.807) is 0 Å². The van der Waals surface area contributed by atoms with Crippen LogP contribution in [0.5, 0.6) is 0 Å². The van der Waals surface area contributed by atoms with Gasteiger partial charge in [-0.05, 0) is 48.9 Å². The van der Waals surface area contributed by atoms with Gasteiger partial charge in [-0.15, -0.1) is 0 Å². The minimum absolute atomic E-state index is 0.287. The summed E-state index contributed by atoms with van der Waals surface area (Å²) in [4.78, 5) is 2.58. The van der Waals surface area contributed by atoms with Crippen molar-refractivity contribution in [3.05, 3.63) is 66.4 Å². The van der Waals surface area contributed by atoms with Crippen LogP contribution in [-0.4, -0.2) is 39.4 Å². The molecule has 0 spiro atoms. The van der Waals surface area contributed by atoms with E-state index in [0.29, 0.717) is 6.04 Å². The third kappa shape index (κ3) is 4.34. The van der Waals surface area contributed by atoms with Gasteiger partial charge in [-0.25, -0.2) is 0 Å². The Morgan fingerprint density at radius 3 is 2.50 bits per heavy atom. The number of likely N-dealkylation sites (tertiary alicyclic amines) is 1. The van der Waals surface area contributed by atoms with Crippen LogP contribution in [0.25, 0.3) is 22.4 Å². The molecule has 1 aromatic heterocycles. The number of rotatable bonds is 7. The smallest absolute Gasteiger partial charge is 0.0695 e. The SMILES string of the molecule is OCCC[C@@H]1CCCCN1Cc1cn[nH]c1-c1ccc(-c2ccccc2)cc1. The summed E-state index contributed by atoms with van der Waals surface area (Å²) in [5.41, 5.74) is 6.01. The molecule has 0 saturated carbocycles. The van der Waals surface area contributed by atoms with E-state index in [1.807, 2.05) is 12.3 Å². The molecule has 4 rings (SSSR count). The van der Waals surface area contributed by atoms with Gasteiger partial charge < -0.3 is 5.11 Å². The molecule has 0 aliphatic carbocycles.